The Morgan fingerprint density at radius 1 is 0.853 bits per heavy atom. The number of hydrogen-bond donors (Lipinski definition) is 3. The zero-order valence-corrected chi connectivity index (χ0v) is 20.5. The summed E-state index contributed by atoms with van der Waals surface area (Å²) in [6.07, 6.45) is -0.212. The third-order valence-electron chi connectivity index (χ3n) is 5.58. The number of nitrogens with two attached hydrogens (primary N) is 2. The van der Waals surface area contributed by atoms with Crippen LogP contribution in [0.1, 0.15) is 46.5 Å². The van der Waals surface area contributed by atoms with Gasteiger partial charge in [-0.3, -0.25) is 4.79 Å². The van der Waals surface area contributed by atoms with E-state index in [9.17, 15) is 19.5 Å². The van der Waals surface area contributed by atoms with Gasteiger partial charge in [0.25, 0.3) is 0 Å². The minimum Gasteiger partial charge on any atom is -0.464 e. The Kier molecular flexibility index (Phi) is 13.0. The summed E-state index contributed by atoms with van der Waals surface area (Å²) < 4.78 is 15.4. The van der Waals surface area contributed by atoms with Crippen molar-refractivity contribution in [1.29, 1.82) is 0 Å². The van der Waals surface area contributed by atoms with Crippen LogP contribution in [0.3, 0.4) is 0 Å². The quantitative estimate of drug-likeness (QED) is 0.136. The number of hydrogen-bond acceptors (Lipinski definition) is 11. The van der Waals surface area contributed by atoms with Gasteiger partial charge in [0.2, 0.25) is 0 Å². The highest BCUT2D eigenvalue weighted by atomic mass is 16.5. The van der Waals surface area contributed by atoms with Gasteiger partial charge in [0.1, 0.15) is 13.2 Å². The van der Waals surface area contributed by atoms with Gasteiger partial charge < -0.3 is 30.8 Å². The third-order valence-corrected chi connectivity index (χ3v) is 5.58. The van der Waals surface area contributed by atoms with Crippen molar-refractivity contribution in [3.8, 4) is 0 Å². The molecule has 1 fully saturated rings. The molecule has 0 aromatic carbocycles. The molecule has 0 spiro atoms. The minimum atomic E-state index is -1.15. The number of ether oxygens (including phenoxy) is 3. The Bertz CT molecular complexity index is 730. The van der Waals surface area contributed by atoms with Crippen LogP contribution in [-0.4, -0.2) is 84.4 Å². The maximum absolute atomic E-state index is 11.7. The molecule has 0 aliphatic carbocycles. The van der Waals surface area contributed by atoms with Crippen LogP contribution in [0.5, 0.6) is 0 Å². The van der Waals surface area contributed by atoms with Crippen molar-refractivity contribution in [1.82, 2.24) is 9.80 Å². The third kappa shape index (κ3) is 9.15. The van der Waals surface area contributed by atoms with Gasteiger partial charge in [-0.25, -0.2) is 19.4 Å². The summed E-state index contributed by atoms with van der Waals surface area (Å²) in [4.78, 5) is 37.9. The lowest BCUT2D eigenvalue weighted by atomic mass is 9.92. The van der Waals surface area contributed by atoms with E-state index in [0.29, 0.717) is 24.8 Å². The van der Waals surface area contributed by atoms with Crippen molar-refractivity contribution in [2.75, 3.05) is 32.9 Å². The molecule has 34 heavy (non-hydrogen) atoms. The molecule has 4 unspecified atom stereocenters. The molecule has 0 saturated carbocycles. The first-order valence-corrected chi connectivity index (χ1v) is 11.5. The number of carbonyl (C=O) groups is 3. The Hall–Kier alpha value is -2.31. The van der Waals surface area contributed by atoms with E-state index in [1.54, 1.807) is 30.6 Å². The van der Waals surface area contributed by atoms with Crippen LogP contribution >= 0.6 is 0 Å². The molecule has 11 nitrogen and oxygen atoms in total. The predicted molar refractivity (Wildman–Crippen MR) is 126 cm³/mol. The van der Waals surface area contributed by atoms with Crippen molar-refractivity contribution in [3.05, 3.63) is 24.3 Å². The number of unbranched alkanes of at least 4 members (excludes halogenated alkanes) is 1. The number of carbonyl (C=O) groups excluding carboxylic acids is 3. The van der Waals surface area contributed by atoms with Gasteiger partial charge in [0, 0.05) is 36.6 Å². The van der Waals surface area contributed by atoms with Crippen LogP contribution in [0.25, 0.3) is 0 Å². The summed E-state index contributed by atoms with van der Waals surface area (Å²) in [5, 5.41) is 10.9. The van der Waals surface area contributed by atoms with E-state index in [1.807, 2.05) is 0 Å². The van der Waals surface area contributed by atoms with Crippen molar-refractivity contribution < 1.29 is 33.7 Å². The lowest BCUT2D eigenvalue weighted by Crippen LogP contribution is -2.71. The maximum Gasteiger partial charge on any atom is 0.333 e. The molecule has 0 radical (unpaired) electrons. The monoisotopic (exact) mass is 484 g/mol. The molecule has 1 saturated heterocycles. The molecule has 5 N–H and O–H groups in total. The first-order valence-electron chi connectivity index (χ1n) is 11.5. The van der Waals surface area contributed by atoms with Crippen LogP contribution in [0, 0.1) is 5.92 Å². The Balaban J connectivity index is 2.80. The fourth-order valence-electron chi connectivity index (χ4n) is 3.57. The van der Waals surface area contributed by atoms with E-state index in [0.717, 1.165) is 0 Å². The smallest absolute Gasteiger partial charge is 0.333 e. The molecule has 0 amide bonds. The van der Waals surface area contributed by atoms with E-state index in [-0.39, 0.29) is 56.8 Å². The van der Waals surface area contributed by atoms with Crippen LogP contribution < -0.4 is 11.5 Å². The van der Waals surface area contributed by atoms with Crippen molar-refractivity contribution >= 4 is 17.9 Å². The highest BCUT2D eigenvalue weighted by Crippen LogP contribution is 2.28. The average molecular weight is 485 g/mol. The predicted octanol–water partition coefficient (Wildman–Crippen LogP) is 0.428. The van der Waals surface area contributed by atoms with E-state index in [1.165, 1.54) is 0 Å². The van der Waals surface area contributed by atoms with Crippen molar-refractivity contribution in [2.45, 2.75) is 65.1 Å². The van der Waals surface area contributed by atoms with E-state index in [4.69, 9.17) is 25.7 Å². The highest BCUT2D eigenvalue weighted by Gasteiger charge is 2.43. The second-order valence-corrected chi connectivity index (χ2v) is 8.37. The molecule has 0 aromatic heterocycles. The molecule has 1 heterocycles. The average Bonchev–Trinajstić information content (AvgIpc) is 2.79. The highest BCUT2D eigenvalue weighted by molar-refractivity contribution is 5.87. The molecule has 1 aliphatic heterocycles. The molecule has 1 aliphatic rings. The molecule has 194 valence electrons. The topological polar surface area (TPSA) is 158 Å². The minimum absolute atomic E-state index is 0.00787. The standard InChI is InChI=1S/C23H40N4O7/c1-6-18(28)32-13-10-26-19(24)17(9-7-8-12-33-21(29)15(2)3)20(25)27(23(26)31)11-14-34-22(30)16(4)5/h17,19-20,23,31H,2,4,6-14,24-25H2,1,3,5H3. The molecule has 0 bridgehead atoms. The number of aliphatic hydroxyl groups excluding tert-OH is 1. The second-order valence-electron chi connectivity index (χ2n) is 8.37. The van der Waals surface area contributed by atoms with Gasteiger partial charge in [-0.15, -0.1) is 0 Å². The molecule has 1 rings (SSSR count). The Morgan fingerprint density at radius 2 is 1.32 bits per heavy atom. The summed E-state index contributed by atoms with van der Waals surface area (Å²) in [7, 11) is 0. The van der Waals surface area contributed by atoms with E-state index < -0.39 is 30.6 Å². The summed E-state index contributed by atoms with van der Waals surface area (Å²) in [5.74, 6) is -1.56. The van der Waals surface area contributed by atoms with Gasteiger partial charge in [0.05, 0.1) is 18.9 Å². The fraction of sp³-hybridized carbons (Fsp3) is 0.696. The molecule has 4 atom stereocenters. The van der Waals surface area contributed by atoms with E-state index >= 15 is 0 Å². The second kappa shape index (κ2) is 14.8. The SMILES string of the molecule is C=C(C)C(=O)OCCCCC1C(N)N(CCOC(=O)CC)C(O)N(CCOC(=O)C(=C)C)C1N. The summed E-state index contributed by atoms with van der Waals surface area (Å²) in [5.41, 5.74) is 13.5. The number of rotatable bonds is 14. The zero-order chi connectivity index (χ0) is 25.8. The largest absolute Gasteiger partial charge is 0.464 e. The summed E-state index contributed by atoms with van der Waals surface area (Å²) >= 11 is 0. The normalized spacial score (nSPS) is 23.2. The number of nitrogens with zero attached hydrogens (tertiary/aromatic N) is 2. The van der Waals surface area contributed by atoms with Crippen LogP contribution in [0.2, 0.25) is 0 Å². The Labute approximate surface area is 201 Å². The number of aliphatic hydroxyl groups is 1. The van der Waals surface area contributed by atoms with E-state index in [2.05, 4.69) is 13.2 Å². The molecule has 0 aromatic rings. The van der Waals surface area contributed by atoms with Crippen LogP contribution in [-0.2, 0) is 28.6 Å². The van der Waals surface area contributed by atoms with Gasteiger partial charge >= 0.3 is 17.9 Å². The van der Waals surface area contributed by atoms with Gasteiger partial charge in [-0.1, -0.05) is 20.1 Å². The summed E-state index contributed by atoms with van der Waals surface area (Å²) in [6.45, 7) is 12.6. The lowest BCUT2D eigenvalue weighted by molar-refractivity contribution is -0.206. The van der Waals surface area contributed by atoms with Crippen LogP contribution in [0.4, 0.5) is 0 Å². The zero-order valence-electron chi connectivity index (χ0n) is 20.5. The summed E-state index contributed by atoms with van der Waals surface area (Å²) in [6, 6.07) is 0. The molecule has 11 heteroatoms. The number of esters is 3. The first-order chi connectivity index (χ1) is 16.0. The van der Waals surface area contributed by atoms with Crippen molar-refractivity contribution in [2.24, 2.45) is 17.4 Å². The molecular formula is C23H40N4O7. The fourth-order valence-corrected chi connectivity index (χ4v) is 3.57. The lowest BCUT2D eigenvalue weighted by Gasteiger charge is -2.51. The van der Waals surface area contributed by atoms with Crippen molar-refractivity contribution in [3.63, 3.8) is 0 Å². The van der Waals surface area contributed by atoms with Gasteiger partial charge in [0.15, 0.2) is 6.35 Å². The Morgan fingerprint density at radius 3 is 1.79 bits per heavy atom. The maximum atomic E-state index is 11.7. The first kappa shape index (κ1) is 29.7. The van der Waals surface area contributed by atoms with Gasteiger partial charge in [-0.05, 0) is 33.1 Å². The molecular weight excluding hydrogens is 444 g/mol. The van der Waals surface area contributed by atoms with Crippen LogP contribution in [0.15, 0.2) is 24.3 Å². The van der Waals surface area contributed by atoms with Gasteiger partial charge in [-0.2, -0.15) is 0 Å².